The molecule has 5 heteroatoms. The third kappa shape index (κ3) is 2.95. The van der Waals surface area contributed by atoms with Crippen LogP contribution in [-0.2, 0) is 12.0 Å². The van der Waals surface area contributed by atoms with Gasteiger partial charge in [-0.1, -0.05) is 35.9 Å². The van der Waals surface area contributed by atoms with E-state index in [2.05, 4.69) is 39.7 Å². The van der Waals surface area contributed by atoms with Crippen LogP contribution in [0.15, 0.2) is 72.7 Å². The first-order chi connectivity index (χ1) is 12.2. The van der Waals surface area contributed by atoms with Gasteiger partial charge in [0.25, 0.3) is 0 Å². The van der Waals surface area contributed by atoms with Crippen molar-refractivity contribution in [3.63, 3.8) is 0 Å². The Hall–Kier alpha value is -2.56. The number of hydrogen-bond acceptors (Lipinski definition) is 3. The molecule has 4 N–H and O–H groups in total. The van der Waals surface area contributed by atoms with Gasteiger partial charge in [0.05, 0.1) is 5.54 Å². The van der Waals surface area contributed by atoms with Crippen LogP contribution in [-0.4, -0.2) is 16.5 Å². The second-order valence-corrected chi connectivity index (χ2v) is 6.71. The Balaban J connectivity index is 1.57. The molecule has 2 aromatic heterocycles. The third-order valence-corrected chi connectivity index (χ3v) is 4.96. The highest BCUT2D eigenvalue weighted by atomic mass is 35.5. The summed E-state index contributed by atoms with van der Waals surface area (Å²) in [6.45, 7) is 0.464. The van der Waals surface area contributed by atoms with Crippen LogP contribution in [0.2, 0.25) is 5.02 Å². The predicted molar refractivity (Wildman–Crippen MR) is 102 cm³/mol. The first kappa shape index (κ1) is 15.9. The zero-order valence-corrected chi connectivity index (χ0v) is 14.4. The number of allylic oxidation sites excluding steroid dienone is 2. The molecule has 0 aliphatic carbocycles. The summed E-state index contributed by atoms with van der Waals surface area (Å²) in [5.74, 6) is 0. The van der Waals surface area contributed by atoms with Gasteiger partial charge in [0.1, 0.15) is 5.65 Å². The molecule has 25 heavy (non-hydrogen) atoms. The molecule has 0 fully saturated rings. The molecule has 0 spiro atoms. The Labute approximate surface area is 151 Å². The summed E-state index contributed by atoms with van der Waals surface area (Å²) in [5, 5.41) is 5.37. The van der Waals surface area contributed by atoms with Gasteiger partial charge in [-0.2, -0.15) is 0 Å². The molecule has 4 rings (SSSR count). The van der Waals surface area contributed by atoms with Crippen molar-refractivity contribution in [3.8, 4) is 0 Å². The van der Waals surface area contributed by atoms with Crippen LogP contribution in [0, 0.1) is 0 Å². The van der Waals surface area contributed by atoms with E-state index in [0.29, 0.717) is 6.54 Å². The number of nitrogens with one attached hydrogen (secondary N) is 2. The van der Waals surface area contributed by atoms with E-state index in [1.165, 1.54) is 11.1 Å². The minimum absolute atomic E-state index is 0.393. The van der Waals surface area contributed by atoms with Crippen LogP contribution >= 0.6 is 11.6 Å². The van der Waals surface area contributed by atoms with Gasteiger partial charge in [0, 0.05) is 42.0 Å². The normalized spacial score (nSPS) is 19.7. The summed E-state index contributed by atoms with van der Waals surface area (Å²) in [5.41, 5.74) is 10.1. The van der Waals surface area contributed by atoms with Crippen molar-refractivity contribution in [3.05, 3.63) is 88.9 Å². The largest absolute Gasteiger partial charge is 0.377 e. The van der Waals surface area contributed by atoms with Gasteiger partial charge in [0.2, 0.25) is 0 Å². The molecule has 3 heterocycles. The van der Waals surface area contributed by atoms with Gasteiger partial charge in [0.15, 0.2) is 0 Å². The fourth-order valence-corrected chi connectivity index (χ4v) is 3.35. The van der Waals surface area contributed by atoms with Crippen molar-refractivity contribution in [2.24, 2.45) is 5.73 Å². The first-order valence-electron chi connectivity index (χ1n) is 8.23. The van der Waals surface area contributed by atoms with Crippen LogP contribution in [0.1, 0.15) is 11.1 Å². The number of aromatic amines is 1. The lowest BCUT2D eigenvalue weighted by Crippen LogP contribution is -2.45. The Morgan fingerprint density at radius 2 is 2.00 bits per heavy atom. The smallest absolute Gasteiger partial charge is 0.137 e. The van der Waals surface area contributed by atoms with Crippen molar-refractivity contribution in [2.45, 2.75) is 12.0 Å². The van der Waals surface area contributed by atoms with E-state index < -0.39 is 5.54 Å². The second kappa shape index (κ2) is 6.39. The minimum atomic E-state index is -0.393. The highest BCUT2D eigenvalue weighted by molar-refractivity contribution is 6.30. The molecule has 1 aliphatic heterocycles. The van der Waals surface area contributed by atoms with Crippen LogP contribution in [0.3, 0.4) is 0 Å². The molecule has 1 aromatic carbocycles. The van der Waals surface area contributed by atoms with Gasteiger partial charge in [-0.25, -0.2) is 4.98 Å². The summed E-state index contributed by atoms with van der Waals surface area (Å²) >= 11 is 6.00. The number of H-pyrrole nitrogens is 1. The van der Waals surface area contributed by atoms with Crippen LogP contribution in [0.4, 0.5) is 0 Å². The zero-order chi connectivity index (χ0) is 17.3. The highest BCUT2D eigenvalue weighted by Crippen LogP contribution is 2.28. The molecule has 0 saturated carbocycles. The lowest BCUT2D eigenvalue weighted by molar-refractivity contribution is 0.480. The minimum Gasteiger partial charge on any atom is -0.377 e. The standard InChI is InChI=1S/C20H19ClN4/c21-17-5-3-16(4-6-17)20(13-22)8-7-14(11-25-20)10-15-12-24-19-18(15)2-1-9-23-19/h1-9,11-12,25H,10,13,22H2,(H,23,24). The molecule has 0 radical (unpaired) electrons. The third-order valence-electron chi connectivity index (χ3n) is 4.71. The number of nitrogens with two attached hydrogens (primary N) is 1. The topological polar surface area (TPSA) is 66.7 Å². The maximum Gasteiger partial charge on any atom is 0.137 e. The maximum absolute atomic E-state index is 6.07. The first-order valence-corrected chi connectivity index (χ1v) is 8.61. The average Bonchev–Trinajstić information content (AvgIpc) is 3.06. The molecule has 3 aromatic rings. The Morgan fingerprint density at radius 3 is 2.72 bits per heavy atom. The number of rotatable bonds is 4. The van der Waals surface area contributed by atoms with Crippen molar-refractivity contribution >= 4 is 22.6 Å². The fraction of sp³-hybridized carbons (Fsp3) is 0.150. The van der Waals surface area contributed by atoms with Gasteiger partial charge in [-0.05, 0) is 41.0 Å². The van der Waals surface area contributed by atoms with Crippen molar-refractivity contribution in [1.29, 1.82) is 0 Å². The number of pyridine rings is 1. The number of dihydropyridines is 1. The SMILES string of the molecule is NCC1(c2ccc(Cl)cc2)C=CC(Cc2c[nH]c3ncccc23)=CN1. The molecule has 126 valence electrons. The number of benzene rings is 1. The molecule has 0 amide bonds. The maximum atomic E-state index is 6.07. The lowest BCUT2D eigenvalue weighted by Gasteiger charge is -2.33. The molecule has 0 bridgehead atoms. The average molecular weight is 351 g/mol. The van der Waals surface area contributed by atoms with E-state index in [0.717, 1.165) is 28.0 Å². The van der Waals surface area contributed by atoms with Crippen molar-refractivity contribution in [1.82, 2.24) is 15.3 Å². The Kier molecular flexibility index (Phi) is 4.07. The van der Waals surface area contributed by atoms with E-state index in [-0.39, 0.29) is 0 Å². The molecule has 1 aliphatic rings. The van der Waals surface area contributed by atoms with Gasteiger partial charge < -0.3 is 16.0 Å². The molecular weight excluding hydrogens is 332 g/mol. The molecule has 4 nitrogen and oxygen atoms in total. The number of hydrogen-bond donors (Lipinski definition) is 3. The number of nitrogens with zero attached hydrogens (tertiary/aromatic N) is 1. The summed E-state index contributed by atoms with van der Waals surface area (Å²) in [6.07, 6.45) is 11.0. The second-order valence-electron chi connectivity index (χ2n) is 6.27. The Morgan fingerprint density at radius 1 is 1.16 bits per heavy atom. The summed E-state index contributed by atoms with van der Waals surface area (Å²) < 4.78 is 0. The lowest BCUT2D eigenvalue weighted by atomic mass is 9.86. The number of aromatic nitrogens is 2. The van der Waals surface area contributed by atoms with Crippen molar-refractivity contribution < 1.29 is 0 Å². The van der Waals surface area contributed by atoms with E-state index >= 15 is 0 Å². The summed E-state index contributed by atoms with van der Waals surface area (Å²) in [6, 6.07) is 11.9. The fourth-order valence-electron chi connectivity index (χ4n) is 3.23. The summed E-state index contributed by atoms with van der Waals surface area (Å²) in [4.78, 5) is 7.56. The van der Waals surface area contributed by atoms with E-state index in [9.17, 15) is 0 Å². The number of halogens is 1. The molecular formula is C20H19ClN4. The van der Waals surface area contributed by atoms with Gasteiger partial charge in [-0.15, -0.1) is 0 Å². The zero-order valence-electron chi connectivity index (χ0n) is 13.7. The highest BCUT2D eigenvalue weighted by Gasteiger charge is 2.28. The van der Waals surface area contributed by atoms with Crippen LogP contribution in [0.5, 0.6) is 0 Å². The molecule has 0 saturated heterocycles. The van der Waals surface area contributed by atoms with Gasteiger partial charge >= 0.3 is 0 Å². The Bertz CT molecular complexity index is 955. The number of fused-ring (bicyclic) bond motifs is 1. The monoisotopic (exact) mass is 350 g/mol. The van der Waals surface area contributed by atoms with E-state index in [1.54, 1.807) is 6.20 Å². The van der Waals surface area contributed by atoms with Crippen LogP contribution in [0.25, 0.3) is 11.0 Å². The molecule has 1 unspecified atom stereocenters. The summed E-state index contributed by atoms with van der Waals surface area (Å²) in [7, 11) is 0. The van der Waals surface area contributed by atoms with Crippen molar-refractivity contribution in [2.75, 3.05) is 6.54 Å². The quantitative estimate of drug-likeness (QED) is 0.672. The van der Waals surface area contributed by atoms with Gasteiger partial charge in [-0.3, -0.25) is 0 Å². The predicted octanol–water partition coefficient (Wildman–Crippen LogP) is 3.66. The van der Waals surface area contributed by atoms with Crippen LogP contribution < -0.4 is 11.1 Å². The molecule has 1 atom stereocenters. The van der Waals surface area contributed by atoms with E-state index in [1.807, 2.05) is 36.5 Å². The van der Waals surface area contributed by atoms with E-state index in [4.69, 9.17) is 17.3 Å².